The van der Waals surface area contributed by atoms with Crippen molar-refractivity contribution in [2.24, 2.45) is 17.8 Å². The van der Waals surface area contributed by atoms with Gasteiger partial charge >= 0.3 is 0 Å². The van der Waals surface area contributed by atoms with Gasteiger partial charge in [0.05, 0.1) is 12.0 Å². The first-order chi connectivity index (χ1) is 14.6. The van der Waals surface area contributed by atoms with Gasteiger partial charge in [-0.05, 0) is 42.9 Å². The monoisotopic (exact) mass is 410 g/mol. The molecule has 6 nitrogen and oxygen atoms in total. The maximum absolute atomic E-state index is 11.8. The Bertz CT molecular complexity index is 957. The lowest BCUT2D eigenvalue weighted by atomic mass is 9.50. The average molecular weight is 411 g/mol. The van der Waals surface area contributed by atoms with Crippen molar-refractivity contribution in [1.82, 2.24) is 4.90 Å². The van der Waals surface area contributed by atoms with E-state index in [0.717, 1.165) is 13.0 Å². The quantitative estimate of drug-likeness (QED) is 0.769. The molecule has 0 amide bonds. The molecule has 10 atom stereocenters. The van der Waals surface area contributed by atoms with Crippen molar-refractivity contribution in [3.63, 3.8) is 0 Å². The number of aliphatic hydroxyl groups is 2. The Kier molecular flexibility index (Phi) is 2.94. The Labute approximate surface area is 176 Å². The summed E-state index contributed by atoms with van der Waals surface area (Å²) in [5, 5.41) is 21.9. The maximum Gasteiger partial charge on any atom is 0.189 e. The van der Waals surface area contributed by atoms with Crippen LogP contribution in [0.2, 0.25) is 0 Å². The Hall–Kier alpha value is -1.18. The van der Waals surface area contributed by atoms with E-state index in [1.807, 2.05) is 0 Å². The van der Waals surface area contributed by atoms with E-state index in [1.54, 1.807) is 0 Å². The van der Waals surface area contributed by atoms with Gasteiger partial charge < -0.3 is 24.6 Å². The summed E-state index contributed by atoms with van der Waals surface area (Å²) in [6, 6.07) is 9.12. The molecule has 1 saturated carbocycles. The summed E-state index contributed by atoms with van der Waals surface area (Å²) in [6.07, 6.45) is 3.39. The second-order valence-electron chi connectivity index (χ2n) is 10.9. The highest BCUT2D eigenvalue weighted by molar-refractivity contribution is 5.72. The van der Waals surface area contributed by atoms with Crippen molar-refractivity contribution in [3.05, 3.63) is 29.8 Å². The molecule has 1 aromatic carbocycles. The summed E-state index contributed by atoms with van der Waals surface area (Å²) in [6.45, 7) is 4.52. The molecular weight excluding hydrogens is 380 g/mol. The van der Waals surface area contributed by atoms with Gasteiger partial charge in [0.2, 0.25) is 0 Å². The maximum atomic E-state index is 11.8. The lowest BCUT2D eigenvalue weighted by molar-refractivity contribution is -0.287. The standard InChI is InChI=1S/C24H30N2O4/c1-2-13-11-25-8-7-22-15-5-3-4-6-17(15)26-21-20-18(12-27)29-23(21,28)10-16(24(22,26)30-20)14(13)9-19(22)25/h3-6,13-14,16,18-21,27-28H,2,7-12H2,1H3. The minimum absolute atomic E-state index is 0.0465. The van der Waals surface area contributed by atoms with Crippen LogP contribution in [0.5, 0.6) is 0 Å². The third kappa shape index (κ3) is 1.48. The van der Waals surface area contributed by atoms with Gasteiger partial charge in [0, 0.05) is 30.6 Å². The number of anilines is 1. The normalized spacial score (nSPS) is 56.4. The van der Waals surface area contributed by atoms with Gasteiger partial charge in [-0.1, -0.05) is 31.5 Å². The Balaban J connectivity index is 1.44. The first-order valence-electron chi connectivity index (χ1n) is 11.9. The van der Waals surface area contributed by atoms with Crippen LogP contribution in [0.1, 0.15) is 38.2 Å². The van der Waals surface area contributed by atoms with Crippen LogP contribution < -0.4 is 4.90 Å². The van der Waals surface area contributed by atoms with Crippen molar-refractivity contribution < 1.29 is 19.7 Å². The fourth-order valence-electron chi connectivity index (χ4n) is 9.59. The van der Waals surface area contributed by atoms with E-state index in [4.69, 9.17) is 9.47 Å². The second kappa shape index (κ2) is 5.07. The molecule has 4 bridgehead atoms. The second-order valence-corrected chi connectivity index (χ2v) is 10.9. The summed E-state index contributed by atoms with van der Waals surface area (Å²) in [7, 11) is 0. The minimum atomic E-state index is -1.25. The van der Waals surface area contributed by atoms with E-state index in [2.05, 4.69) is 41.0 Å². The number of nitrogens with zero attached hydrogens (tertiary/aromatic N) is 2. The first-order valence-corrected chi connectivity index (χ1v) is 11.9. The molecule has 10 unspecified atom stereocenters. The van der Waals surface area contributed by atoms with Crippen LogP contribution in [-0.4, -0.2) is 70.6 Å². The number of aliphatic hydroxyl groups excluding tert-OH is 1. The van der Waals surface area contributed by atoms with Gasteiger partial charge in [-0.15, -0.1) is 0 Å². The zero-order chi connectivity index (χ0) is 20.0. The molecule has 1 aliphatic carbocycles. The molecule has 0 aromatic heterocycles. The molecular formula is C24H30N2O4. The van der Waals surface area contributed by atoms with E-state index >= 15 is 0 Å². The smallest absolute Gasteiger partial charge is 0.189 e. The van der Waals surface area contributed by atoms with Crippen LogP contribution in [0.15, 0.2) is 24.3 Å². The molecule has 30 heavy (non-hydrogen) atoms. The Morgan fingerprint density at radius 2 is 2.10 bits per heavy atom. The fourth-order valence-corrected chi connectivity index (χ4v) is 9.59. The molecule has 6 heterocycles. The van der Waals surface area contributed by atoms with E-state index in [0.29, 0.717) is 24.3 Å². The summed E-state index contributed by atoms with van der Waals surface area (Å²) < 4.78 is 13.4. The van der Waals surface area contributed by atoms with Crippen molar-refractivity contribution in [2.75, 3.05) is 24.6 Å². The molecule has 2 N–H and O–H groups in total. The number of para-hydroxylation sites is 1. The van der Waals surface area contributed by atoms with Crippen LogP contribution in [0, 0.1) is 17.8 Å². The zero-order valence-electron chi connectivity index (χ0n) is 17.4. The number of ether oxygens (including phenoxy) is 2. The van der Waals surface area contributed by atoms with E-state index in [9.17, 15) is 10.2 Å². The third-order valence-electron chi connectivity index (χ3n) is 10.3. The van der Waals surface area contributed by atoms with Crippen LogP contribution in [0.4, 0.5) is 5.69 Å². The number of hydrogen-bond donors (Lipinski definition) is 2. The van der Waals surface area contributed by atoms with Crippen LogP contribution in [0.25, 0.3) is 0 Å². The molecule has 160 valence electrons. The number of fused-ring (bicyclic) bond motifs is 3. The zero-order valence-corrected chi connectivity index (χ0v) is 17.4. The van der Waals surface area contributed by atoms with Crippen molar-refractivity contribution in [1.29, 1.82) is 0 Å². The summed E-state index contributed by atoms with van der Waals surface area (Å²) in [4.78, 5) is 5.23. The highest BCUT2D eigenvalue weighted by atomic mass is 16.7. The van der Waals surface area contributed by atoms with Crippen LogP contribution in [0.3, 0.4) is 0 Å². The topological polar surface area (TPSA) is 65.4 Å². The summed E-state index contributed by atoms with van der Waals surface area (Å²) in [5.74, 6) is 0.179. The highest BCUT2D eigenvalue weighted by Crippen LogP contribution is 2.75. The third-order valence-corrected chi connectivity index (χ3v) is 10.3. The summed E-state index contributed by atoms with van der Waals surface area (Å²) >= 11 is 0. The molecule has 7 aliphatic rings. The largest absolute Gasteiger partial charge is 0.394 e. The average Bonchev–Trinajstić information content (AvgIpc) is 3.43. The predicted molar refractivity (Wildman–Crippen MR) is 109 cm³/mol. The molecule has 8 rings (SSSR count). The molecule has 1 aromatic rings. The molecule has 2 spiro atoms. The van der Waals surface area contributed by atoms with E-state index in [-0.39, 0.29) is 30.1 Å². The number of piperidine rings is 2. The van der Waals surface area contributed by atoms with Gasteiger partial charge in [0.25, 0.3) is 0 Å². The molecule has 6 aliphatic heterocycles. The van der Waals surface area contributed by atoms with Gasteiger partial charge in [0.15, 0.2) is 11.5 Å². The lowest BCUT2D eigenvalue weighted by Gasteiger charge is -2.65. The first kappa shape index (κ1) is 17.4. The lowest BCUT2D eigenvalue weighted by Crippen LogP contribution is -2.77. The van der Waals surface area contributed by atoms with Gasteiger partial charge in [-0.25, -0.2) is 0 Å². The van der Waals surface area contributed by atoms with Crippen molar-refractivity contribution in [3.8, 4) is 0 Å². The number of hydrogen-bond acceptors (Lipinski definition) is 6. The molecule has 6 fully saturated rings. The minimum Gasteiger partial charge on any atom is -0.394 e. The Morgan fingerprint density at radius 1 is 1.23 bits per heavy atom. The van der Waals surface area contributed by atoms with Gasteiger partial charge in [0.1, 0.15) is 18.2 Å². The van der Waals surface area contributed by atoms with Crippen LogP contribution >= 0.6 is 0 Å². The number of rotatable bonds is 2. The SMILES string of the molecule is CCC1CN2CCC34c5ccccc5N5C6C7OC53C(CC6(O)OC7CO)C1CC24. The highest BCUT2D eigenvalue weighted by Gasteiger charge is 2.86. The van der Waals surface area contributed by atoms with Crippen LogP contribution in [-0.2, 0) is 14.9 Å². The van der Waals surface area contributed by atoms with Crippen molar-refractivity contribution >= 4 is 5.69 Å². The predicted octanol–water partition coefficient (Wildman–Crippen LogP) is 1.44. The molecule has 6 heteroatoms. The van der Waals surface area contributed by atoms with E-state index < -0.39 is 17.6 Å². The van der Waals surface area contributed by atoms with E-state index in [1.165, 1.54) is 30.6 Å². The molecule has 0 radical (unpaired) electrons. The van der Waals surface area contributed by atoms with Crippen molar-refractivity contribution in [2.45, 2.75) is 73.8 Å². The Morgan fingerprint density at radius 3 is 2.93 bits per heavy atom. The molecule has 5 saturated heterocycles. The number of benzene rings is 1. The van der Waals surface area contributed by atoms with Gasteiger partial charge in [-0.2, -0.15) is 0 Å². The summed E-state index contributed by atoms with van der Waals surface area (Å²) in [5.41, 5.74) is 2.20. The fraction of sp³-hybridized carbons (Fsp3) is 0.750. The van der Waals surface area contributed by atoms with Gasteiger partial charge in [-0.3, -0.25) is 4.90 Å².